The second-order valence-corrected chi connectivity index (χ2v) is 6.92. The predicted octanol–water partition coefficient (Wildman–Crippen LogP) is 2.90. The van der Waals surface area contributed by atoms with Gasteiger partial charge in [0, 0.05) is 13.1 Å². The molecule has 0 aromatic carbocycles. The van der Waals surface area contributed by atoms with E-state index in [-0.39, 0.29) is 6.04 Å². The Morgan fingerprint density at radius 1 is 1.44 bits per heavy atom. The maximum Gasteiger partial charge on any atom is 0.490 e. The van der Waals surface area contributed by atoms with Crippen molar-refractivity contribution < 1.29 is 23.1 Å². The summed E-state index contributed by atoms with van der Waals surface area (Å²) in [7, 11) is 0. The van der Waals surface area contributed by atoms with Crippen molar-refractivity contribution in [3.05, 3.63) is 23.2 Å². The van der Waals surface area contributed by atoms with E-state index in [1.54, 1.807) is 17.5 Å². The zero-order valence-corrected chi connectivity index (χ0v) is 15.2. The number of aliphatic carboxylic acids is 1. The van der Waals surface area contributed by atoms with Crippen LogP contribution in [0.1, 0.15) is 18.8 Å². The van der Waals surface area contributed by atoms with Crippen LogP contribution in [0.3, 0.4) is 0 Å². The van der Waals surface area contributed by atoms with E-state index in [0.717, 1.165) is 40.0 Å². The lowest BCUT2D eigenvalue weighted by Crippen LogP contribution is -2.32. The molecule has 0 saturated carbocycles. The van der Waals surface area contributed by atoms with E-state index in [0.29, 0.717) is 5.15 Å². The average Bonchev–Trinajstić information content (AvgIpc) is 3.18. The number of nitrogens with one attached hydrogen (secondary N) is 1. The smallest absolute Gasteiger partial charge is 0.475 e. The summed E-state index contributed by atoms with van der Waals surface area (Å²) < 4.78 is 34.9. The number of carbonyl (C=O) groups is 1. The average molecular weight is 421 g/mol. The van der Waals surface area contributed by atoms with Gasteiger partial charge in [-0.15, -0.1) is 21.5 Å². The van der Waals surface area contributed by atoms with E-state index in [2.05, 4.69) is 37.0 Å². The van der Waals surface area contributed by atoms with Crippen LogP contribution in [0.4, 0.5) is 13.2 Å². The fourth-order valence-corrected chi connectivity index (χ4v) is 3.59. The van der Waals surface area contributed by atoms with Crippen molar-refractivity contribution in [2.75, 3.05) is 6.54 Å². The zero-order valence-electron chi connectivity index (χ0n) is 13.7. The zero-order chi connectivity index (χ0) is 19.8. The Kier molecular flexibility index (Phi) is 5.31. The Hall–Kier alpha value is -2.31. The fraction of sp³-hybridized carbons (Fsp3) is 0.357. The first-order chi connectivity index (χ1) is 12.7. The second kappa shape index (κ2) is 7.37. The number of rotatable bonds is 1. The Morgan fingerprint density at radius 2 is 2.15 bits per heavy atom. The third kappa shape index (κ3) is 4.17. The quantitative estimate of drug-likeness (QED) is 0.583. The Morgan fingerprint density at radius 3 is 2.81 bits per heavy atom. The molecular formula is C14H12ClF3N6O2S. The number of hydrogen-bond acceptors (Lipinski definition) is 7. The van der Waals surface area contributed by atoms with Gasteiger partial charge in [0.1, 0.15) is 16.5 Å². The molecule has 0 aliphatic carbocycles. The van der Waals surface area contributed by atoms with Gasteiger partial charge in [0.2, 0.25) is 0 Å². The number of nitrogens with zero attached hydrogens (tertiary/aromatic N) is 5. The van der Waals surface area contributed by atoms with Gasteiger partial charge in [-0.2, -0.15) is 13.2 Å². The van der Waals surface area contributed by atoms with Crippen LogP contribution in [0.25, 0.3) is 21.0 Å². The van der Waals surface area contributed by atoms with Gasteiger partial charge in [-0.1, -0.05) is 11.6 Å². The van der Waals surface area contributed by atoms with Crippen LogP contribution in [-0.2, 0) is 11.3 Å². The summed E-state index contributed by atoms with van der Waals surface area (Å²) in [4.78, 5) is 17.5. The summed E-state index contributed by atoms with van der Waals surface area (Å²) in [5.74, 6) is -0.972. The number of halogens is 4. The van der Waals surface area contributed by atoms with E-state index in [1.165, 1.54) is 0 Å². The molecule has 144 valence electrons. The van der Waals surface area contributed by atoms with Crippen LogP contribution in [0.5, 0.6) is 0 Å². The number of carboxylic acids is 1. The van der Waals surface area contributed by atoms with Gasteiger partial charge in [-0.3, -0.25) is 0 Å². The monoisotopic (exact) mass is 420 g/mol. The highest BCUT2D eigenvalue weighted by atomic mass is 35.5. The van der Waals surface area contributed by atoms with Crippen LogP contribution in [0.15, 0.2) is 12.3 Å². The molecule has 3 aromatic rings. The Bertz CT molecular complexity index is 989. The number of aromatic nitrogens is 5. The van der Waals surface area contributed by atoms with Crippen molar-refractivity contribution in [1.29, 1.82) is 0 Å². The highest BCUT2D eigenvalue weighted by molar-refractivity contribution is 7.21. The summed E-state index contributed by atoms with van der Waals surface area (Å²) in [6.45, 7) is 3.86. The number of hydrogen-bond donors (Lipinski definition) is 2. The van der Waals surface area contributed by atoms with E-state index in [4.69, 9.17) is 21.5 Å². The SMILES string of the molecule is C[C@H]1NCCn2c(-c3nc4cnc(Cl)cc4s3)nnc21.O=C(O)C(F)(F)F. The molecule has 8 nitrogen and oxygen atoms in total. The minimum atomic E-state index is -5.08. The van der Waals surface area contributed by atoms with Crippen molar-refractivity contribution in [3.8, 4) is 10.8 Å². The molecule has 4 rings (SSSR count). The predicted molar refractivity (Wildman–Crippen MR) is 91.5 cm³/mol. The maximum absolute atomic E-state index is 10.6. The summed E-state index contributed by atoms with van der Waals surface area (Å²) in [5, 5.41) is 20.4. The van der Waals surface area contributed by atoms with Crippen molar-refractivity contribution in [3.63, 3.8) is 0 Å². The van der Waals surface area contributed by atoms with Gasteiger partial charge in [-0.25, -0.2) is 14.8 Å². The Labute approximate surface area is 159 Å². The van der Waals surface area contributed by atoms with Crippen LogP contribution >= 0.6 is 22.9 Å². The van der Waals surface area contributed by atoms with Crippen LogP contribution in [-0.4, -0.2) is 48.5 Å². The van der Waals surface area contributed by atoms with Crippen LogP contribution < -0.4 is 5.32 Å². The van der Waals surface area contributed by atoms with Crippen molar-refractivity contribution in [2.45, 2.75) is 25.7 Å². The Balaban J connectivity index is 0.000000260. The molecule has 3 aromatic heterocycles. The number of thiazole rings is 1. The molecule has 0 unspecified atom stereocenters. The van der Waals surface area contributed by atoms with E-state index in [9.17, 15) is 13.2 Å². The summed E-state index contributed by atoms with van der Waals surface area (Å²) in [5.41, 5.74) is 0.841. The third-order valence-electron chi connectivity index (χ3n) is 3.63. The molecule has 0 saturated heterocycles. The molecule has 0 radical (unpaired) electrons. The minimum Gasteiger partial charge on any atom is -0.475 e. The largest absolute Gasteiger partial charge is 0.490 e. The normalized spacial score (nSPS) is 16.6. The molecule has 0 spiro atoms. The van der Waals surface area contributed by atoms with Gasteiger partial charge < -0.3 is 15.0 Å². The molecule has 13 heteroatoms. The van der Waals surface area contributed by atoms with Gasteiger partial charge in [-0.05, 0) is 13.0 Å². The molecular weight excluding hydrogens is 409 g/mol. The lowest BCUT2D eigenvalue weighted by molar-refractivity contribution is -0.192. The molecule has 2 N–H and O–H groups in total. The number of alkyl halides is 3. The fourth-order valence-electron chi connectivity index (χ4n) is 2.40. The standard InChI is InChI=1S/C12H11ClN6S.C2HF3O2/c1-6-10-17-18-11(19(10)3-2-14-6)12-16-7-5-15-9(13)4-8(7)20-12;3-2(4,5)1(6)7/h4-6,14H,2-3H2,1H3;(H,6,7)/t6-;/m1./s1. The highest BCUT2D eigenvalue weighted by Gasteiger charge is 2.38. The first kappa shape index (κ1) is 19.5. The van der Waals surface area contributed by atoms with E-state index < -0.39 is 12.1 Å². The van der Waals surface area contributed by atoms with Crippen LogP contribution in [0, 0.1) is 0 Å². The van der Waals surface area contributed by atoms with E-state index >= 15 is 0 Å². The summed E-state index contributed by atoms with van der Waals surface area (Å²) >= 11 is 7.48. The molecule has 0 bridgehead atoms. The molecule has 1 aliphatic heterocycles. The molecule has 4 heterocycles. The van der Waals surface area contributed by atoms with Crippen LogP contribution in [0.2, 0.25) is 5.15 Å². The summed E-state index contributed by atoms with van der Waals surface area (Å²) in [6.07, 6.45) is -3.39. The van der Waals surface area contributed by atoms with Crippen molar-refractivity contribution in [2.24, 2.45) is 0 Å². The molecule has 0 fully saturated rings. The number of pyridine rings is 1. The number of fused-ring (bicyclic) bond motifs is 2. The van der Waals surface area contributed by atoms with Crippen molar-refractivity contribution in [1.82, 2.24) is 30.0 Å². The molecule has 1 atom stereocenters. The molecule has 27 heavy (non-hydrogen) atoms. The molecule has 1 aliphatic rings. The van der Waals surface area contributed by atoms with Gasteiger partial charge in [0.05, 0.1) is 16.9 Å². The number of carboxylic acid groups (broad SMARTS) is 1. The second-order valence-electron chi connectivity index (χ2n) is 5.51. The summed E-state index contributed by atoms with van der Waals surface area (Å²) in [6, 6.07) is 2.05. The minimum absolute atomic E-state index is 0.218. The maximum atomic E-state index is 10.6. The molecule has 0 amide bonds. The lowest BCUT2D eigenvalue weighted by Gasteiger charge is -2.21. The van der Waals surface area contributed by atoms with Gasteiger partial charge in [0.15, 0.2) is 10.8 Å². The topological polar surface area (TPSA) is 106 Å². The first-order valence-corrected chi connectivity index (χ1v) is 8.75. The lowest BCUT2D eigenvalue weighted by atomic mass is 10.2. The highest BCUT2D eigenvalue weighted by Crippen LogP contribution is 2.31. The van der Waals surface area contributed by atoms with Gasteiger partial charge in [0.25, 0.3) is 0 Å². The first-order valence-electron chi connectivity index (χ1n) is 7.56. The third-order valence-corrected chi connectivity index (χ3v) is 4.85. The van der Waals surface area contributed by atoms with E-state index in [1.807, 2.05) is 6.07 Å². The van der Waals surface area contributed by atoms with Crippen molar-refractivity contribution >= 4 is 39.1 Å². The van der Waals surface area contributed by atoms with Gasteiger partial charge >= 0.3 is 12.1 Å².